The van der Waals surface area contributed by atoms with Gasteiger partial charge in [0.1, 0.15) is 15.0 Å². The smallest absolute Gasteiger partial charge is 0.138 e. The van der Waals surface area contributed by atoms with Crippen molar-refractivity contribution in [2.24, 2.45) is 0 Å². The maximum atomic E-state index is 5.69. The zero-order valence-corrected chi connectivity index (χ0v) is 19.2. The van der Waals surface area contributed by atoms with Gasteiger partial charge in [-0.1, -0.05) is 97.1 Å². The van der Waals surface area contributed by atoms with Crippen molar-refractivity contribution in [3.8, 4) is 5.75 Å². The first-order valence-electron chi connectivity index (χ1n) is 10.1. The van der Waals surface area contributed by atoms with E-state index in [-0.39, 0.29) is 0 Å². The van der Waals surface area contributed by atoms with Crippen LogP contribution in [0.5, 0.6) is 5.75 Å². The van der Waals surface area contributed by atoms with Gasteiger partial charge in [-0.2, -0.15) is 5.10 Å². The normalized spacial score (nSPS) is 11.5. The van der Waals surface area contributed by atoms with Gasteiger partial charge in [-0.3, -0.25) is 0 Å². The van der Waals surface area contributed by atoms with Crippen LogP contribution in [0.15, 0.2) is 109 Å². The Bertz CT molecular complexity index is 1220. The molecule has 0 radical (unpaired) electrons. The SMILES string of the molecule is COc1cccc2c1c(I)nn2C(c1ccccc1)(c1ccccc1)c1ccccc1. The third kappa shape index (κ3) is 3.13. The van der Waals surface area contributed by atoms with Crippen LogP contribution in [-0.4, -0.2) is 16.9 Å². The van der Waals surface area contributed by atoms with E-state index in [1.165, 1.54) is 0 Å². The number of ether oxygens (including phenoxy) is 1. The minimum absolute atomic E-state index is 0.641. The van der Waals surface area contributed by atoms with E-state index in [0.29, 0.717) is 0 Å². The number of halogens is 1. The van der Waals surface area contributed by atoms with Crippen LogP contribution in [0.4, 0.5) is 0 Å². The van der Waals surface area contributed by atoms with Gasteiger partial charge < -0.3 is 4.74 Å². The Kier molecular flexibility index (Phi) is 5.24. The lowest BCUT2D eigenvalue weighted by Gasteiger charge is -2.37. The Hall–Kier alpha value is -3.12. The largest absolute Gasteiger partial charge is 0.496 e. The monoisotopic (exact) mass is 516 g/mol. The Morgan fingerprint density at radius 3 is 1.61 bits per heavy atom. The van der Waals surface area contributed by atoms with Gasteiger partial charge in [-0.15, -0.1) is 0 Å². The predicted octanol–water partition coefficient (Wildman–Crippen LogP) is 6.49. The summed E-state index contributed by atoms with van der Waals surface area (Å²) in [6.45, 7) is 0. The first-order valence-corrected chi connectivity index (χ1v) is 11.2. The van der Waals surface area contributed by atoms with E-state index in [4.69, 9.17) is 9.84 Å². The lowest BCUT2D eigenvalue weighted by molar-refractivity contribution is 0.419. The third-order valence-electron chi connectivity index (χ3n) is 5.74. The third-order valence-corrected chi connectivity index (χ3v) is 6.49. The first-order chi connectivity index (χ1) is 15.3. The standard InChI is InChI=1S/C27H21IN2O/c1-31-24-19-11-18-23-25(24)26(28)29-30(23)27(20-12-5-2-6-13-20,21-14-7-3-8-15-21)22-16-9-4-10-17-22/h2-19H,1H3. The molecule has 0 aliphatic rings. The molecule has 1 heterocycles. The van der Waals surface area contributed by atoms with Gasteiger partial charge >= 0.3 is 0 Å². The molecule has 0 aliphatic heterocycles. The molecule has 0 aliphatic carbocycles. The molecule has 0 saturated carbocycles. The molecule has 31 heavy (non-hydrogen) atoms. The molecular weight excluding hydrogens is 495 g/mol. The maximum Gasteiger partial charge on any atom is 0.138 e. The highest BCUT2D eigenvalue weighted by Gasteiger charge is 2.40. The highest BCUT2D eigenvalue weighted by Crippen LogP contribution is 2.43. The summed E-state index contributed by atoms with van der Waals surface area (Å²) >= 11 is 2.31. The highest BCUT2D eigenvalue weighted by atomic mass is 127. The van der Waals surface area contributed by atoms with Crippen LogP contribution in [-0.2, 0) is 5.54 Å². The first kappa shape index (κ1) is 19.8. The quantitative estimate of drug-likeness (QED) is 0.197. The molecule has 5 aromatic rings. The van der Waals surface area contributed by atoms with Gasteiger partial charge in [0.2, 0.25) is 0 Å². The van der Waals surface area contributed by atoms with Crippen molar-refractivity contribution < 1.29 is 4.74 Å². The molecule has 5 rings (SSSR count). The highest BCUT2D eigenvalue weighted by molar-refractivity contribution is 14.1. The lowest BCUT2D eigenvalue weighted by Crippen LogP contribution is -2.38. The molecule has 3 nitrogen and oxygen atoms in total. The lowest BCUT2D eigenvalue weighted by atomic mass is 9.77. The molecule has 0 unspecified atom stereocenters. The number of methoxy groups -OCH3 is 1. The summed E-state index contributed by atoms with van der Waals surface area (Å²) in [5.41, 5.74) is 3.83. The summed E-state index contributed by atoms with van der Waals surface area (Å²) in [7, 11) is 1.71. The number of rotatable bonds is 5. The number of fused-ring (bicyclic) bond motifs is 1. The molecule has 152 valence electrons. The van der Waals surface area contributed by atoms with Crippen LogP contribution >= 0.6 is 22.6 Å². The van der Waals surface area contributed by atoms with Crippen LogP contribution in [0.2, 0.25) is 0 Å². The van der Waals surface area contributed by atoms with Crippen LogP contribution in [0, 0.1) is 3.70 Å². The number of hydrogen-bond donors (Lipinski definition) is 0. The van der Waals surface area contributed by atoms with E-state index in [1.807, 2.05) is 12.1 Å². The topological polar surface area (TPSA) is 27.1 Å². The summed E-state index contributed by atoms with van der Waals surface area (Å²) in [5.74, 6) is 0.830. The molecule has 1 aromatic heterocycles. The molecule has 0 spiro atoms. The van der Waals surface area contributed by atoms with E-state index in [2.05, 4.69) is 124 Å². The molecule has 0 fully saturated rings. The van der Waals surface area contributed by atoms with Crippen LogP contribution < -0.4 is 4.74 Å². The molecule has 0 amide bonds. The Labute approximate surface area is 195 Å². The second-order valence-electron chi connectivity index (χ2n) is 7.37. The van der Waals surface area contributed by atoms with Crippen LogP contribution in [0.3, 0.4) is 0 Å². The maximum absolute atomic E-state index is 5.69. The van der Waals surface area contributed by atoms with Gasteiger partial charge in [0.05, 0.1) is 18.0 Å². The van der Waals surface area contributed by atoms with E-state index in [9.17, 15) is 0 Å². The predicted molar refractivity (Wildman–Crippen MR) is 134 cm³/mol. The summed E-state index contributed by atoms with van der Waals surface area (Å²) < 4.78 is 8.77. The molecule has 0 bridgehead atoms. The summed E-state index contributed by atoms with van der Waals surface area (Å²) in [5, 5.41) is 6.15. The van der Waals surface area contributed by atoms with Crippen molar-refractivity contribution in [3.63, 3.8) is 0 Å². The Morgan fingerprint density at radius 1 is 0.677 bits per heavy atom. The summed E-state index contributed by atoms with van der Waals surface area (Å²) in [6.07, 6.45) is 0. The molecule has 4 heteroatoms. The molecule has 0 N–H and O–H groups in total. The summed E-state index contributed by atoms with van der Waals surface area (Å²) in [4.78, 5) is 0. The molecular formula is C27H21IN2O. The van der Waals surface area contributed by atoms with Crippen molar-refractivity contribution in [2.75, 3.05) is 7.11 Å². The van der Waals surface area contributed by atoms with E-state index in [0.717, 1.165) is 37.0 Å². The number of benzene rings is 4. The second-order valence-corrected chi connectivity index (χ2v) is 8.39. The van der Waals surface area contributed by atoms with Crippen LogP contribution in [0.1, 0.15) is 16.7 Å². The van der Waals surface area contributed by atoms with E-state index in [1.54, 1.807) is 7.11 Å². The van der Waals surface area contributed by atoms with Crippen molar-refractivity contribution >= 4 is 33.5 Å². The summed E-state index contributed by atoms with van der Waals surface area (Å²) in [6, 6.07) is 37.9. The average molecular weight is 516 g/mol. The van der Waals surface area contributed by atoms with E-state index < -0.39 is 5.54 Å². The Morgan fingerprint density at radius 2 is 1.16 bits per heavy atom. The van der Waals surface area contributed by atoms with Crippen molar-refractivity contribution in [1.29, 1.82) is 0 Å². The zero-order chi connectivity index (χ0) is 21.3. The minimum atomic E-state index is -0.641. The number of hydrogen-bond acceptors (Lipinski definition) is 2. The fourth-order valence-corrected chi connectivity index (χ4v) is 5.18. The van der Waals surface area contributed by atoms with E-state index >= 15 is 0 Å². The van der Waals surface area contributed by atoms with Gasteiger partial charge in [-0.05, 0) is 51.4 Å². The van der Waals surface area contributed by atoms with Crippen molar-refractivity contribution in [2.45, 2.75) is 5.54 Å². The minimum Gasteiger partial charge on any atom is -0.496 e. The van der Waals surface area contributed by atoms with Gasteiger partial charge in [0, 0.05) is 0 Å². The fraction of sp³-hybridized carbons (Fsp3) is 0.0741. The van der Waals surface area contributed by atoms with Gasteiger partial charge in [0.15, 0.2) is 0 Å². The number of nitrogens with zero attached hydrogens (tertiary/aromatic N) is 2. The Balaban J connectivity index is 1.99. The van der Waals surface area contributed by atoms with Gasteiger partial charge in [0.25, 0.3) is 0 Å². The molecule has 4 aromatic carbocycles. The van der Waals surface area contributed by atoms with Crippen molar-refractivity contribution in [1.82, 2.24) is 9.78 Å². The van der Waals surface area contributed by atoms with Gasteiger partial charge in [-0.25, -0.2) is 4.68 Å². The fourth-order valence-electron chi connectivity index (χ4n) is 4.43. The van der Waals surface area contributed by atoms with Crippen molar-refractivity contribution in [3.05, 3.63) is 130 Å². The molecule has 0 saturated heterocycles. The van der Waals surface area contributed by atoms with Crippen LogP contribution in [0.25, 0.3) is 10.9 Å². The second kappa shape index (κ2) is 8.19. The average Bonchev–Trinajstić information content (AvgIpc) is 3.19. The number of aromatic nitrogens is 2. The zero-order valence-electron chi connectivity index (χ0n) is 17.1. The molecule has 0 atom stereocenters.